The molecule has 0 radical (unpaired) electrons. The number of ether oxygens (including phenoxy) is 1. The van der Waals surface area contributed by atoms with E-state index in [0.29, 0.717) is 12.4 Å². The number of hydrogen-bond donors (Lipinski definition) is 1. The van der Waals surface area contributed by atoms with Crippen molar-refractivity contribution in [1.29, 1.82) is 0 Å². The maximum atomic E-state index is 12.1. The summed E-state index contributed by atoms with van der Waals surface area (Å²) in [5, 5.41) is 7.84. The molecule has 21 heavy (non-hydrogen) atoms. The summed E-state index contributed by atoms with van der Waals surface area (Å²) in [7, 11) is -1.57. The van der Waals surface area contributed by atoms with Crippen LogP contribution in [0.5, 0.6) is 0 Å². The van der Waals surface area contributed by atoms with Gasteiger partial charge >= 0.3 is 0 Å². The van der Waals surface area contributed by atoms with Crippen LogP contribution in [-0.4, -0.2) is 41.6 Å². The second kappa shape index (κ2) is 6.02. The third-order valence-corrected chi connectivity index (χ3v) is 5.29. The largest absolute Gasteiger partial charge is 0.377 e. The molecule has 1 aliphatic heterocycles. The molecule has 0 spiro atoms. The lowest BCUT2D eigenvalue weighted by Crippen LogP contribution is -2.39. The van der Waals surface area contributed by atoms with Crippen molar-refractivity contribution in [3.63, 3.8) is 0 Å². The predicted molar refractivity (Wildman–Crippen MR) is 79.1 cm³/mol. The zero-order valence-corrected chi connectivity index (χ0v) is 13.9. The molecule has 0 aliphatic carbocycles. The minimum absolute atomic E-state index is 0.0000857. The first-order chi connectivity index (χ1) is 9.69. The normalized spacial score (nSPS) is 22.4. The van der Waals surface area contributed by atoms with Crippen molar-refractivity contribution < 1.29 is 13.2 Å². The summed E-state index contributed by atoms with van der Waals surface area (Å²) in [5.41, 5.74) is 0.143. The van der Waals surface area contributed by atoms with Gasteiger partial charge in [-0.2, -0.15) is 0 Å². The molecule has 1 aliphatic rings. The van der Waals surface area contributed by atoms with E-state index in [1.54, 1.807) is 4.57 Å². The van der Waals surface area contributed by atoms with Crippen molar-refractivity contribution >= 4 is 10.0 Å². The lowest BCUT2D eigenvalue weighted by molar-refractivity contribution is -0.0371. The van der Waals surface area contributed by atoms with E-state index in [9.17, 15) is 8.42 Å². The quantitative estimate of drug-likeness (QED) is 0.866. The molecule has 7 nitrogen and oxygen atoms in total. The highest BCUT2D eigenvalue weighted by molar-refractivity contribution is 7.89. The Morgan fingerprint density at radius 1 is 1.43 bits per heavy atom. The molecule has 1 saturated heterocycles. The summed E-state index contributed by atoms with van der Waals surface area (Å²) in [6, 6.07) is 0. The molecule has 0 amide bonds. The minimum atomic E-state index is -3.38. The smallest absolute Gasteiger partial charge is 0.214 e. The number of nitrogens with one attached hydrogen (secondary N) is 1. The van der Waals surface area contributed by atoms with Crippen LogP contribution in [0.2, 0.25) is 0 Å². The van der Waals surface area contributed by atoms with Gasteiger partial charge in [0.25, 0.3) is 0 Å². The summed E-state index contributed by atoms with van der Waals surface area (Å²) < 4.78 is 34.2. The van der Waals surface area contributed by atoms with E-state index in [4.69, 9.17) is 4.74 Å². The van der Waals surface area contributed by atoms with Gasteiger partial charge in [0.2, 0.25) is 10.0 Å². The van der Waals surface area contributed by atoms with Gasteiger partial charge in [-0.1, -0.05) is 13.8 Å². The highest BCUT2D eigenvalue weighted by Gasteiger charge is 2.30. The van der Waals surface area contributed by atoms with Crippen LogP contribution in [0.15, 0.2) is 0 Å². The molecule has 0 aromatic carbocycles. The van der Waals surface area contributed by atoms with Crippen LogP contribution in [0, 0.1) is 12.3 Å². The van der Waals surface area contributed by atoms with Crippen LogP contribution in [0.1, 0.15) is 38.3 Å². The molecule has 1 N–H and O–H groups in total. The van der Waals surface area contributed by atoms with Gasteiger partial charge in [0.05, 0.1) is 25.0 Å². The first-order valence-electron chi connectivity index (χ1n) is 7.12. The van der Waals surface area contributed by atoms with E-state index < -0.39 is 10.0 Å². The van der Waals surface area contributed by atoms with Crippen molar-refractivity contribution in [3.05, 3.63) is 11.6 Å². The van der Waals surface area contributed by atoms with Gasteiger partial charge in [-0.3, -0.25) is 0 Å². The van der Waals surface area contributed by atoms with Crippen molar-refractivity contribution in [3.8, 4) is 0 Å². The van der Waals surface area contributed by atoms with Gasteiger partial charge in [0.1, 0.15) is 11.6 Å². The highest BCUT2D eigenvalue weighted by Crippen LogP contribution is 2.30. The Bertz CT molecular complexity index is 585. The van der Waals surface area contributed by atoms with Crippen molar-refractivity contribution in [1.82, 2.24) is 19.5 Å². The summed E-state index contributed by atoms with van der Waals surface area (Å²) >= 11 is 0. The summed E-state index contributed by atoms with van der Waals surface area (Å²) in [6.45, 7) is 6.84. The van der Waals surface area contributed by atoms with Crippen molar-refractivity contribution in [2.24, 2.45) is 12.5 Å². The maximum absolute atomic E-state index is 12.1. The molecule has 0 bridgehead atoms. The van der Waals surface area contributed by atoms with E-state index in [1.807, 2.05) is 14.0 Å². The molecule has 2 rings (SSSR count). The molecule has 0 saturated carbocycles. The Morgan fingerprint density at radius 2 is 2.14 bits per heavy atom. The van der Waals surface area contributed by atoms with E-state index in [2.05, 4.69) is 28.8 Å². The van der Waals surface area contributed by atoms with Gasteiger partial charge in [0.15, 0.2) is 0 Å². The lowest BCUT2D eigenvalue weighted by atomic mass is 9.86. The Labute approximate surface area is 126 Å². The fourth-order valence-corrected chi connectivity index (χ4v) is 3.48. The fourth-order valence-electron chi connectivity index (χ4n) is 2.27. The average Bonchev–Trinajstić information content (AvgIpc) is 2.70. The monoisotopic (exact) mass is 316 g/mol. The Balaban J connectivity index is 1.87. The van der Waals surface area contributed by atoms with Crippen molar-refractivity contribution in [2.45, 2.75) is 46.3 Å². The molecule has 1 fully saturated rings. The molecule has 8 heteroatoms. The summed E-state index contributed by atoms with van der Waals surface area (Å²) in [4.78, 5) is 0. The highest BCUT2D eigenvalue weighted by atomic mass is 32.2. The topological polar surface area (TPSA) is 86.1 Å². The number of hydrogen-bond acceptors (Lipinski definition) is 5. The molecule has 1 aromatic heterocycles. The molecule has 120 valence electrons. The van der Waals surface area contributed by atoms with Gasteiger partial charge in [-0.25, -0.2) is 13.1 Å². The van der Waals surface area contributed by atoms with Gasteiger partial charge in [-0.15, -0.1) is 10.2 Å². The van der Waals surface area contributed by atoms with E-state index in [-0.39, 0.29) is 23.8 Å². The second-order valence-electron chi connectivity index (χ2n) is 6.46. The van der Waals surface area contributed by atoms with E-state index in [1.165, 1.54) is 0 Å². The fraction of sp³-hybridized carbons (Fsp3) is 0.846. The summed E-state index contributed by atoms with van der Waals surface area (Å²) in [5.74, 6) is 1.35. The first kappa shape index (κ1) is 16.4. The molecule has 1 aromatic rings. The van der Waals surface area contributed by atoms with Gasteiger partial charge in [0, 0.05) is 7.05 Å². The van der Waals surface area contributed by atoms with Crippen LogP contribution in [0.25, 0.3) is 0 Å². The second-order valence-corrected chi connectivity index (χ2v) is 8.31. The molecule has 1 atom stereocenters. The van der Waals surface area contributed by atoms with Crippen molar-refractivity contribution in [2.75, 3.05) is 12.4 Å². The zero-order valence-electron chi connectivity index (χ0n) is 13.1. The number of aromatic nitrogens is 3. The van der Waals surface area contributed by atoms with Crippen LogP contribution < -0.4 is 4.72 Å². The number of nitrogens with zero attached hydrogens (tertiary/aromatic N) is 3. The Hall–Kier alpha value is -0.990. The predicted octanol–water partition coefficient (Wildman–Crippen LogP) is 0.748. The van der Waals surface area contributed by atoms with Crippen LogP contribution in [0.4, 0.5) is 0 Å². The lowest BCUT2D eigenvalue weighted by Gasteiger charge is -2.34. The van der Waals surface area contributed by atoms with Crippen LogP contribution >= 0.6 is 0 Å². The zero-order chi connectivity index (χ0) is 15.7. The van der Waals surface area contributed by atoms with Crippen LogP contribution in [0.3, 0.4) is 0 Å². The number of sulfonamides is 1. The molecular formula is C13H24N4O3S. The van der Waals surface area contributed by atoms with Gasteiger partial charge < -0.3 is 9.30 Å². The average molecular weight is 316 g/mol. The number of aryl methyl sites for hydroxylation is 1. The summed E-state index contributed by atoms with van der Waals surface area (Å²) in [6.07, 6.45) is 1.53. The third-order valence-electron chi connectivity index (χ3n) is 3.89. The minimum Gasteiger partial charge on any atom is -0.377 e. The SMILES string of the molecule is Cc1nnc(CNS(=O)(=O)CC2CCC(C)(C)CO2)n1C. The first-order valence-corrected chi connectivity index (χ1v) is 8.78. The molecule has 2 heterocycles. The van der Waals surface area contributed by atoms with E-state index >= 15 is 0 Å². The molecule has 1 unspecified atom stereocenters. The van der Waals surface area contributed by atoms with Gasteiger partial charge in [-0.05, 0) is 25.2 Å². The number of rotatable bonds is 5. The van der Waals surface area contributed by atoms with E-state index in [0.717, 1.165) is 18.7 Å². The van der Waals surface area contributed by atoms with Crippen LogP contribution in [-0.2, 0) is 28.4 Å². The standard InChI is InChI=1S/C13H24N4O3S/c1-10-15-16-12(17(10)4)7-14-21(18,19)8-11-5-6-13(2,3)9-20-11/h11,14H,5-9H2,1-4H3. The third kappa shape index (κ3) is 4.49. The Kier molecular flexibility index (Phi) is 4.69. The molecular weight excluding hydrogens is 292 g/mol. The maximum Gasteiger partial charge on any atom is 0.214 e. The Morgan fingerprint density at radius 3 is 2.67 bits per heavy atom.